The number of ether oxygens (including phenoxy) is 1. The van der Waals surface area contributed by atoms with Crippen molar-refractivity contribution in [3.05, 3.63) is 21.9 Å². The van der Waals surface area contributed by atoms with E-state index in [0.29, 0.717) is 12.3 Å². The molecule has 0 bridgehead atoms. The molecule has 0 radical (unpaired) electrons. The van der Waals surface area contributed by atoms with Crippen molar-refractivity contribution >= 4 is 39.1 Å². The van der Waals surface area contributed by atoms with Crippen LogP contribution in [0.1, 0.15) is 19.3 Å². The van der Waals surface area contributed by atoms with Crippen LogP contribution >= 0.6 is 27.5 Å². The van der Waals surface area contributed by atoms with Crippen LogP contribution in [0, 0.1) is 0 Å². The highest BCUT2D eigenvalue weighted by atomic mass is 79.9. The maximum absolute atomic E-state index is 11.9. The molecule has 1 saturated heterocycles. The first-order valence-electron chi connectivity index (χ1n) is 5.40. The summed E-state index contributed by atoms with van der Waals surface area (Å²) in [6.07, 6.45) is 3.99. The Morgan fingerprint density at radius 3 is 3.12 bits per heavy atom. The van der Waals surface area contributed by atoms with Crippen LogP contribution in [-0.2, 0) is 9.53 Å². The van der Waals surface area contributed by atoms with Gasteiger partial charge in [-0.1, -0.05) is 11.6 Å². The summed E-state index contributed by atoms with van der Waals surface area (Å²) in [5.74, 6) is -0.161. The van der Waals surface area contributed by atoms with E-state index in [1.165, 1.54) is 0 Å². The molecular formula is C11H12BrClN2O2. The van der Waals surface area contributed by atoms with Crippen LogP contribution in [0.4, 0.5) is 5.69 Å². The van der Waals surface area contributed by atoms with Crippen molar-refractivity contribution in [1.82, 2.24) is 4.98 Å². The molecule has 1 N–H and O–H groups in total. The molecule has 0 aliphatic carbocycles. The Hall–Kier alpha value is -0.650. The van der Waals surface area contributed by atoms with E-state index >= 15 is 0 Å². The first kappa shape index (κ1) is 12.8. The molecule has 6 heteroatoms. The van der Waals surface area contributed by atoms with Crippen molar-refractivity contribution in [1.29, 1.82) is 0 Å². The van der Waals surface area contributed by atoms with Gasteiger partial charge in [0.2, 0.25) is 0 Å². The molecule has 1 aromatic heterocycles. The van der Waals surface area contributed by atoms with Crippen molar-refractivity contribution in [2.45, 2.75) is 25.4 Å². The number of aromatic nitrogens is 1. The smallest absolute Gasteiger partial charge is 0.253 e. The van der Waals surface area contributed by atoms with E-state index in [4.69, 9.17) is 16.3 Å². The summed E-state index contributed by atoms with van der Waals surface area (Å²) in [5, 5.41) is 3.01. The molecule has 1 aliphatic rings. The van der Waals surface area contributed by atoms with E-state index in [2.05, 4.69) is 26.2 Å². The second-order valence-corrected chi connectivity index (χ2v) is 5.11. The minimum atomic E-state index is -0.376. The molecule has 17 heavy (non-hydrogen) atoms. The molecule has 0 saturated carbocycles. The van der Waals surface area contributed by atoms with Crippen LogP contribution in [0.5, 0.6) is 0 Å². The number of nitrogens with one attached hydrogen (secondary N) is 1. The predicted molar refractivity (Wildman–Crippen MR) is 69.2 cm³/mol. The van der Waals surface area contributed by atoms with Crippen LogP contribution in [-0.4, -0.2) is 23.6 Å². The lowest BCUT2D eigenvalue weighted by atomic mass is 10.1. The van der Waals surface area contributed by atoms with E-state index in [1.54, 1.807) is 12.3 Å². The zero-order valence-corrected chi connectivity index (χ0v) is 11.4. The zero-order valence-electron chi connectivity index (χ0n) is 9.08. The van der Waals surface area contributed by atoms with Gasteiger partial charge in [0.1, 0.15) is 6.10 Å². The number of carbonyl (C=O) groups is 1. The molecule has 92 valence electrons. The van der Waals surface area contributed by atoms with Gasteiger partial charge in [-0.25, -0.2) is 4.98 Å². The van der Waals surface area contributed by atoms with Crippen LogP contribution in [0.2, 0.25) is 5.15 Å². The summed E-state index contributed by atoms with van der Waals surface area (Å²) in [4.78, 5) is 15.8. The standard InChI is InChI=1S/C11H12BrClN2O2/c12-7-5-8(10(13)14-6-7)15-11(16)9-3-1-2-4-17-9/h5-6,9H,1-4H2,(H,15,16). The first-order chi connectivity index (χ1) is 8.16. The Morgan fingerprint density at radius 2 is 2.41 bits per heavy atom. The van der Waals surface area contributed by atoms with Gasteiger partial charge >= 0.3 is 0 Å². The zero-order chi connectivity index (χ0) is 12.3. The molecule has 1 unspecified atom stereocenters. The summed E-state index contributed by atoms with van der Waals surface area (Å²) in [7, 11) is 0. The molecule has 2 heterocycles. The monoisotopic (exact) mass is 318 g/mol. The first-order valence-corrected chi connectivity index (χ1v) is 6.57. The third-order valence-electron chi connectivity index (χ3n) is 2.54. The quantitative estimate of drug-likeness (QED) is 0.853. The number of rotatable bonds is 2. The summed E-state index contributed by atoms with van der Waals surface area (Å²) in [5.41, 5.74) is 0.500. The SMILES string of the molecule is O=C(Nc1cc(Br)cnc1Cl)C1CCCCO1. The lowest BCUT2D eigenvalue weighted by Gasteiger charge is -2.21. The Morgan fingerprint density at radius 1 is 1.59 bits per heavy atom. The van der Waals surface area contributed by atoms with E-state index in [9.17, 15) is 4.79 Å². The second kappa shape index (κ2) is 5.80. The molecular weight excluding hydrogens is 307 g/mol. The molecule has 2 rings (SSSR count). The maximum atomic E-state index is 11.9. The number of hydrogen-bond donors (Lipinski definition) is 1. The number of carbonyl (C=O) groups excluding carboxylic acids is 1. The van der Waals surface area contributed by atoms with Gasteiger partial charge in [-0.05, 0) is 41.3 Å². The summed E-state index contributed by atoms with van der Waals surface area (Å²) in [6, 6.07) is 1.72. The minimum Gasteiger partial charge on any atom is -0.368 e. The van der Waals surface area contributed by atoms with Gasteiger partial charge in [0.15, 0.2) is 5.15 Å². The summed E-state index contributed by atoms with van der Waals surface area (Å²) >= 11 is 9.17. The van der Waals surface area contributed by atoms with Gasteiger partial charge in [-0.2, -0.15) is 0 Å². The largest absolute Gasteiger partial charge is 0.368 e. The molecule has 0 aromatic carbocycles. The highest BCUT2D eigenvalue weighted by Gasteiger charge is 2.22. The number of hydrogen-bond acceptors (Lipinski definition) is 3. The van der Waals surface area contributed by atoms with Crippen molar-refractivity contribution < 1.29 is 9.53 Å². The number of amides is 1. The number of pyridine rings is 1. The highest BCUT2D eigenvalue weighted by molar-refractivity contribution is 9.10. The third kappa shape index (κ3) is 3.40. The highest BCUT2D eigenvalue weighted by Crippen LogP contribution is 2.24. The van der Waals surface area contributed by atoms with Gasteiger partial charge in [-0.3, -0.25) is 4.79 Å². The van der Waals surface area contributed by atoms with E-state index in [-0.39, 0.29) is 17.2 Å². The molecule has 0 spiro atoms. The second-order valence-electron chi connectivity index (χ2n) is 3.84. The van der Waals surface area contributed by atoms with Crippen molar-refractivity contribution in [2.24, 2.45) is 0 Å². The topological polar surface area (TPSA) is 51.2 Å². The normalized spacial score (nSPS) is 20.0. The van der Waals surface area contributed by atoms with Crippen molar-refractivity contribution in [3.8, 4) is 0 Å². The van der Waals surface area contributed by atoms with E-state index in [1.807, 2.05) is 0 Å². The van der Waals surface area contributed by atoms with Crippen LogP contribution < -0.4 is 5.32 Å². The van der Waals surface area contributed by atoms with Gasteiger partial charge in [-0.15, -0.1) is 0 Å². The van der Waals surface area contributed by atoms with Gasteiger partial charge < -0.3 is 10.1 Å². The van der Waals surface area contributed by atoms with Gasteiger partial charge in [0.05, 0.1) is 5.69 Å². The van der Waals surface area contributed by atoms with Crippen LogP contribution in [0.3, 0.4) is 0 Å². The Balaban J connectivity index is 2.04. The Bertz CT molecular complexity index is 422. The number of anilines is 1. The lowest BCUT2D eigenvalue weighted by Crippen LogP contribution is -2.33. The fraction of sp³-hybridized carbons (Fsp3) is 0.455. The number of halogens is 2. The fourth-order valence-corrected chi connectivity index (χ4v) is 2.15. The predicted octanol–water partition coefficient (Wildman–Crippen LogP) is 3.01. The molecule has 1 aromatic rings. The third-order valence-corrected chi connectivity index (χ3v) is 3.27. The molecule has 4 nitrogen and oxygen atoms in total. The van der Waals surface area contributed by atoms with Gasteiger partial charge in [0, 0.05) is 17.3 Å². The molecule has 1 amide bonds. The molecule has 1 atom stereocenters. The van der Waals surface area contributed by atoms with Gasteiger partial charge in [0.25, 0.3) is 5.91 Å². The average Bonchev–Trinajstić information content (AvgIpc) is 2.35. The summed E-state index contributed by atoms with van der Waals surface area (Å²) < 4.78 is 6.16. The van der Waals surface area contributed by atoms with Crippen molar-refractivity contribution in [2.75, 3.05) is 11.9 Å². The minimum absolute atomic E-state index is 0.161. The average molecular weight is 320 g/mol. The van der Waals surface area contributed by atoms with E-state index in [0.717, 1.165) is 23.7 Å². The number of nitrogens with zero attached hydrogens (tertiary/aromatic N) is 1. The fourth-order valence-electron chi connectivity index (χ4n) is 1.67. The van der Waals surface area contributed by atoms with E-state index < -0.39 is 0 Å². The Kier molecular flexibility index (Phi) is 4.36. The molecule has 1 fully saturated rings. The summed E-state index contributed by atoms with van der Waals surface area (Å²) in [6.45, 7) is 0.641. The molecule has 1 aliphatic heterocycles. The maximum Gasteiger partial charge on any atom is 0.253 e. The lowest BCUT2D eigenvalue weighted by molar-refractivity contribution is -0.129. The van der Waals surface area contributed by atoms with Crippen LogP contribution in [0.15, 0.2) is 16.7 Å². The van der Waals surface area contributed by atoms with Crippen molar-refractivity contribution in [3.63, 3.8) is 0 Å². The Labute approximate surface area is 113 Å². The van der Waals surface area contributed by atoms with Crippen LogP contribution in [0.25, 0.3) is 0 Å².